The molecular weight excluding hydrogens is 1090 g/mol. The van der Waals surface area contributed by atoms with E-state index in [1.807, 2.05) is 0 Å². The molecule has 1 aliphatic heterocycles. The number of ether oxygens (including phenoxy) is 7. The van der Waals surface area contributed by atoms with Gasteiger partial charge in [-0.2, -0.15) is 0 Å². The van der Waals surface area contributed by atoms with Gasteiger partial charge in [-0.25, -0.2) is 4.79 Å². The Bertz CT molecular complexity index is 1810. The zero-order valence-electron chi connectivity index (χ0n) is 55.0. The predicted molar refractivity (Wildman–Crippen MR) is 336 cm³/mol. The Morgan fingerprint density at radius 2 is 0.860 bits per heavy atom. The number of hydrogen-bond donors (Lipinski definition) is 1. The third-order valence-corrected chi connectivity index (χ3v) is 18.9. The summed E-state index contributed by atoms with van der Waals surface area (Å²) >= 11 is 0. The molecule has 5 aliphatic rings. The fourth-order valence-corrected chi connectivity index (χ4v) is 14.1. The molecule has 0 spiro atoms. The van der Waals surface area contributed by atoms with E-state index in [2.05, 4.69) is 44.8 Å². The van der Waals surface area contributed by atoms with Crippen LogP contribution >= 0.6 is 0 Å². The van der Waals surface area contributed by atoms with Crippen molar-refractivity contribution in [2.45, 2.75) is 298 Å². The summed E-state index contributed by atoms with van der Waals surface area (Å²) in [6.45, 7) is 13.2. The van der Waals surface area contributed by atoms with Gasteiger partial charge in [0.2, 0.25) is 0 Å². The molecule has 86 heavy (non-hydrogen) atoms. The van der Waals surface area contributed by atoms with E-state index in [0.29, 0.717) is 69.2 Å². The van der Waals surface area contributed by atoms with Crippen LogP contribution in [-0.2, 0) is 61.9 Å². The third kappa shape index (κ3) is 31.5. The summed E-state index contributed by atoms with van der Waals surface area (Å²) in [6, 6.07) is 0. The average molecular weight is 1220 g/mol. The maximum Gasteiger partial charge on any atom is 0.407 e. The first-order valence-electron chi connectivity index (χ1n) is 35.4. The van der Waals surface area contributed by atoms with Gasteiger partial charge in [0.25, 0.3) is 0 Å². The number of carbonyl (C=O) groups is 7. The van der Waals surface area contributed by atoms with Crippen LogP contribution in [0.25, 0.3) is 0 Å². The maximum atomic E-state index is 14.1. The highest BCUT2D eigenvalue weighted by molar-refractivity contribution is 5.73. The Morgan fingerprint density at radius 1 is 0.453 bits per heavy atom. The Morgan fingerprint density at radius 3 is 1.31 bits per heavy atom. The molecule has 4 aliphatic carbocycles. The molecule has 0 radical (unpaired) electrons. The number of likely N-dealkylation sites (tertiary alicyclic amines) is 1. The minimum absolute atomic E-state index is 0.0672. The van der Waals surface area contributed by atoms with Crippen molar-refractivity contribution in [3.8, 4) is 0 Å². The molecule has 5 rings (SSSR count). The Labute approximate surface area is 520 Å². The molecule has 0 aromatic rings. The zero-order valence-corrected chi connectivity index (χ0v) is 55.0. The Kier molecular flexibility index (Phi) is 38.5. The smallest absolute Gasteiger partial charge is 0.407 e. The highest BCUT2D eigenvalue weighted by Gasteiger charge is 2.52. The number of rotatable bonds is 52. The number of hydrogen-bond acceptors (Lipinski definition) is 15. The number of unbranched alkanes of at least 4 members (excludes halogenated alkanes) is 15. The second-order valence-corrected chi connectivity index (χ2v) is 27.0. The van der Waals surface area contributed by atoms with E-state index in [9.17, 15) is 33.6 Å². The topological polar surface area (TPSA) is 199 Å². The van der Waals surface area contributed by atoms with E-state index in [4.69, 9.17) is 33.2 Å². The van der Waals surface area contributed by atoms with Crippen LogP contribution in [-0.4, -0.2) is 119 Å². The second kappa shape index (κ2) is 44.5. The van der Waals surface area contributed by atoms with E-state index in [1.165, 1.54) is 19.3 Å². The molecule has 3 atom stereocenters. The summed E-state index contributed by atoms with van der Waals surface area (Å²) in [5, 5.41) is 2.89. The van der Waals surface area contributed by atoms with Crippen LogP contribution in [0.4, 0.5) is 4.79 Å². The summed E-state index contributed by atoms with van der Waals surface area (Å²) in [4.78, 5) is 96.8. The molecule has 4 saturated carbocycles. The monoisotopic (exact) mass is 1210 g/mol. The molecule has 3 unspecified atom stereocenters. The summed E-state index contributed by atoms with van der Waals surface area (Å²) in [7, 11) is 0. The number of nitrogens with one attached hydrogen (secondary N) is 1. The van der Waals surface area contributed by atoms with Crippen LogP contribution in [0.2, 0.25) is 0 Å². The first-order valence-corrected chi connectivity index (χ1v) is 35.4. The van der Waals surface area contributed by atoms with Gasteiger partial charge in [0, 0.05) is 32.4 Å². The Hall–Kier alpha value is -3.95. The summed E-state index contributed by atoms with van der Waals surface area (Å²) in [5.74, 6) is -0.509. The standard InChI is InChI=1S/C70H122N2O14/c1-6-11-16-21-32-59(30-14-9-4)66(77)80-43-28-19-24-35-62(73)82-52-70(55-85-65(76)51-69-48-56-45-57(49-69)47-58(46-56)50-69,53-83-63(74)36-25-20-29-44-81-67(78)60(31-15-10-5)33-22-17-12-7-2)54-84-64(75)38-37-61(34-23-18-13-8-3)86-68(79)71-39-42-72-40-26-27-41-72/h56-61H,6-55H2,1-5H3,(H,71,79). The van der Waals surface area contributed by atoms with Gasteiger partial charge in [-0.15, -0.1) is 0 Å². The van der Waals surface area contributed by atoms with Crippen LogP contribution in [0.5, 0.6) is 0 Å². The fourth-order valence-electron chi connectivity index (χ4n) is 14.1. The van der Waals surface area contributed by atoms with Crippen molar-refractivity contribution in [3.05, 3.63) is 0 Å². The molecule has 1 heterocycles. The van der Waals surface area contributed by atoms with Crippen molar-refractivity contribution in [2.24, 2.45) is 40.4 Å². The van der Waals surface area contributed by atoms with Crippen molar-refractivity contribution < 1.29 is 66.7 Å². The Balaban J connectivity index is 1.43. The van der Waals surface area contributed by atoms with E-state index < -0.39 is 35.5 Å². The van der Waals surface area contributed by atoms with Gasteiger partial charge in [0.1, 0.15) is 37.9 Å². The van der Waals surface area contributed by atoms with E-state index in [1.54, 1.807) is 0 Å². The summed E-state index contributed by atoms with van der Waals surface area (Å²) in [6.07, 6.45) is 32.8. The van der Waals surface area contributed by atoms with Crippen LogP contribution in [0.3, 0.4) is 0 Å². The first kappa shape index (κ1) is 74.5. The van der Waals surface area contributed by atoms with Crippen LogP contribution in [0.15, 0.2) is 0 Å². The number of esters is 6. The quantitative estimate of drug-likeness (QED) is 0.0342. The van der Waals surface area contributed by atoms with E-state index >= 15 is 0 Å². The van der Waals surface area contributed by atoms with Crippen molar-refractivity contribution in [2.75, 3.05) is 65.8 Å². The molecule has 4 bridgehead atoms. The molecule has 1 N–H and O–H groups in total. The lowest BCUT2D eigenvalue weighted by Crippen LogP contribution is -2.47. The average Bonchev–Trinajstić information content (AvgIpc) is 0.974. The number of nitrogens with zero attached hydrogens (tertiary/aromatic N) is 1. The van der Waals surface area contributed by atoms with Gasteiger partial charge >= 0.3 is 41.9 Å². The highest BCUT2D eigenvalue weighted by atomic mass is 16.6. The lowest BCUT2D eigenvalue weighted by atomic mass is 9.49. The van der Waals surface area contributed by atoms with Crippen molar-refractivity contribution in [1.82, 2.24) is 10.2 Å². The third-order valence-electron chi connectivity index (χ3n) is 18.9. The van der Waals surface area contributed by atoms with E-state index in [0.717, 1.165) is 180 Å². The van der Waals surface area contributed by atoms with Gasteiger partial charge < -0.3 is 43.4 Å². The van der Waals surface area contributed by atoms with Gasteiger partial charge in [0.05, 0.1) is 31.5 Å². The van der Waals surface area contributed by atoms with Gasteiger partial charge in [-0.05, 0) is 171 Å². The van der Waals surface area contributed by atoms with E-state index in [-0.39, 0.29) is 107 Å². The highest BCUT2D eigenvalue weighted by Crippen LogP contribution is 2.61. The molecule has 16 heteroatoms. The van der Waals surface area contributed by atoms with Gasteiger partial charge in [0.15, 0.2) is 0 Å². The molecule has 16 nitrogen and oxygen atoms in total. The predicted octanol–water partition coefficient (Wildman–Crippen LogP) is 15.5. The summed E-state index contributed by atoms with van der Waals surface area (Å²) in [5.41, 5.74) is -1.55. The lowest BCUT2D eigenvalue weighted by molar-refractivity contribution is -0.173. The number of amides is 1. The summed E-state index contributed by atoms with van der Waals surface area (Å²) < 4.78 is 41.6. The molecule has 0 aromatic carbocycles. The molecule has 0 aromatic heterocycles. The number of alkyl carbamates (subject to hydrolysis) is 1. The molecule has 496 valence electrons. The number of carbonyl (C=O) groups excluding carboxylic acids is 7. The van der Waals surface area contributed by atoms with Crippen molar-refractivity contribution >= 4 is 41.9 Å². The maximum absolute atomic E-state index is 14.1. The van der Waals surface area contributed by atoms with Crippen molar-refractivity contribution in [3.63, 3.8) is 0 Å². The minimum atomic E-state index is -1.44. The fraction of sp³-hybridized carbons (Fsp3) is 0.900. The second-order valence-electron chi connectivity index (χ2n) is 27.0. The zero-order chi connectivity index (χ0) is 62.1. The molecule has 1 amide bonds. The van der Waals surface area contributed by atoms with Crippen LogP contribution < -0.4 is 5.32 Å². The molecule has 1 saturated heterocycles. The largest absolute Gasteiger partial charge is 0.465 e. The minimum Gasteiger partial charge on any atom is -0.465 e. The van der Waals surface area contributed by atoms with Gasteiger partial charge in [-0.1, -0.05) is 131 Å². The SMILES string of the molecule is CCCCCCC(CCC(=O)OCC(COC(=O)CCCCCOC(=O)C(CCCC)CCCCCC)(COC(=O)CCCCCOC(=O)C(CCCC)CCCCCC)COC(=O)CC12CC3CC(CC(C3)C1)C2)OC(=O)NCCN1CCCC1. The van der Waals surface area contributed by atoms with Crippen LogP contribution in [0.1, 0.15) is 291 Å². The van der Waals surface area contributed by atoms with Crippen LogP contribution in [0, 0.1) is 40.4 Å². The van der Waals surface area contributed by atoms with Crippen molar-refractivity contribution in [1.29, 1.82) is 0 Å². The molecular formula is C70H122N2O14. The molecule has 5 fully saturated rings. The lowest BCUT2D eigenvalue weighted by Gasteiger charge is -2.56. The van der Waals surface area contributed by atoms with Gasteiger partial charge in [-0.3, -0.25) is 28.8 Å². The normalized spacial score (nSPS) is 20.5. The first-order chi connectivity index (χ1) is 41.7.